The second-order valence-corrected chi connectivity index (χ2v) is 6.71. The molecule has 0 unspecified atom stereocenters. The number of nitrogens with zero attached hydrogens (tertiary/aromatic N) is 4. The number of rotatable bonds is 5. The first-order valence-electron chi connectivity index (χ1n) is 8.81. The Labute approximate surface area is 148 Å². The lowest BCUT2D eigenvalue weighted by Gasteiger charge is -2.17. The van der Waals surface area contributed by atoms with Crippen LogP contribution in [-0.4, -0.2) is 39.9 Å². The fraction of sp³-hybridized carbons (Fsp3) is 0.500. The van der Waals surface area contributed by atoms with Gasteiger partial charge < -0.3 is 15.5 Å². The van der Waals surface area contributed by atoms with Crippen molar-refractivity contribution in [2.45, 2.75) is 46.2 Å². The Bertz CT molecular complexity index is 718. The van der Waals surface area contributed by atoms with Gasteiger partial charge >= 0.3 is 6.03 Å². The topological polar surface area (TPSA) is 75.1 Å². The molecule has 1 saturated heterocycles. The molecule has 2 aromatic heterocycles. The number of amides is 2. The second kappa shape index (κ2) is 7.55. The van der Waals surface area contributed by atoms with Gasteiger partial charge in [0.1, 0.15) is 5.82 Å². The van der Waals surface area contributed by atoms with Crippen molar-refractivity contribution in [2.24, 2.45) is 0 Å². The molecule has 1 aliphatic rings. The molecule has 1 atom stereocenters. The van der Waals surface area contributed by atoms with E-state index in [4.69, 9.17) is 0 Å². The SMILES string of the molecule is Cc1cc(C)n(C[C@H](C)NC(=O)Nc2ccc(N3CCCC3)nc2)n1. The molecule has 0 spiro atoms. The van der Waals surface area contributed by atoms with Crippen LogP contribution in [0.2, 0.25) is 0 Å². The molecule has 1 fully saturated rings. The molecule has 25 heavy (non-hydrogen) atoms. The first kappa shape index (κ1) is 17.3. The molecule has 7 nitrogen and oxygen atoms in total. The van der Waals surface area contributed by atoms with Crippen LogP contribution >= 0.6 is 0 Å². The standard InChI is InChI=1S/C18H26N6O/c1-13-10-15(3)24(22-13)12-14(2)20-18(25)21-16-6-7-17(19-11-16)23-8-4-5-9-23/h6-7,10-11,14H,4-5,8-9,12H2,1-3H3,(H2,20,21,25)/t14-/m0/s1. The highest BCUT2D eigenvalue weighted by molar-refractivity contribution is 5.89. The van der Waals surface area contributed by atoms with E-state index in [2.05, 4.69) is 25.6 Å². The van der Waals surface area contributed by atoms with Gasteiger partial charge in [-0.15, -0.1) is 0 Å². The number of aromatic nitrogens is 3. The lowest BCUT2D eigenvalue weighted by atomic mass is 10.3. The smallest absolute Gasteiger partial charge is 0.319 e. The first-order valence-corrected chi connectivity index (χ1v) is 8.81. The zero-order valence-corrected chi connectivity index (χ0v) is 15.1. The van der Waals surface area contributed by atoms with Crippen molar-refractivity contribution in [1.82, 2.24) is 20.1 Å². The van der Waals surface area contributed by atoms with Crippen molar-refractivity contribution >= 4 is 17.5 Å². The highest BCUT2D eigenvalue weighted by Gasteiger charge is 2.14. The van der Waals surface area contributed by atoms with E-state index < -0.39 is 0 Å². The Hall–Kier alpha value is -2.57. The molecule has 0 saturated carbocycles. The van der Waals surface area contributed by atoms with E-state index in [1.165, 1.54) is 12.8 Å². The quantitative estimate of drug-likeness (QED) is 0.876. The lowest BCUT2D eigenvalue weighted by Crippen LogP contribution is -2.39. The number of carbonyl (C=O) groups excluding carboxylic acids is 1. The minimum atomic E-state index is -0.232. The van der Waals surface area contributed by atoms with E-state index in [0.717, 1.165) is 30.3 Å². The summed E-state index contributed by atoms with van der Waals surface area (Å²) in [7, 11) is 0. The molecular formula is C18H26N6O. The monoisotopic (exact) mass is 342 g/mol. The van der Waals surface area contributed by atoms with Gasteiger partial charge in [-0.25, -0.2) is 9.78 Å². The van der Waals surface area contributed by atoms with Gasteiger partial charge in [-0.1, -0.05) is 0 Å². The number of pyridine rings is 1. The predicted octanol–water partition coefficient (Wildman–Crippen LogP) is 2.71. The average molecular weight is 342 g/mol. The van der Waals surface area contributed by atoms with Crippen LogP contribution < -0.4 is 15.5 Å². The molecule has 7 heteroatoms. The minimum Gasteiger partial charge on any atom is -0.357 e. The third-order valence-corrected chi connectivity index (χ3v) is 4.36. The Morgan fingerprint density at radius 1 is 1.28 bits per heavy atom. The van der Waals surface area contributed by atoms with E-state index in [0.29, 0.717) is 12.2 Å². The molecule has 1 aliphatic heterocycles. The molecular weight excluding hydrogens is 316 g/mol. The normalized spacial score (nSPS) is 15.2. The fourth-order valence-corrected chi connectivity index (χ4v) is 3.15. The highest BCUT2D eigenvalue weighted by Crippen LogP contribution is 2.19. The largest absolute Gasteiger partial charge is 0.357 e. The molecule has 134 valence electrons. The maximum absolute atomic E-state index is 12.2. The fourth-order valence-electron chi connectivity index (χ4n) is 3.15. The third-order valence-electron chi connectivity index (χ3n) is 4.36. The molecule has 2 N–H and O–H groups in total. The number of hydrogen-bond donors (Lipinski definition) is 2. The van der Waals surface area contributed by atoms with E-state index in [1.54, 1.807) is 6.20 Å². The van der Waals surface area contributed by atoms with Gasteiger partial charge in [0, 0.05) is 24.8 Å². The maximum Gasteiger partial charge on any atom is 0.319 e. The third kappa shape index (κ3) is 4.49. The summed E-state index contributed by atoms with van der Waals surface area (Å²) >= 11 is 0. The van der Waals surface area contributed by atoms with Crippen molar-refractivity contribution in [1.29, 1.82) is 0 Å². The van der Waals surface area contributed by atoms with Crippen LogP contribution in [0.1, 0.15) is 31.2 Å². The predicted molar refractivity (Wildman–Crippen MR) is 99.0 cm³/mol. The molecule has 2 amide bonds. The van der Waals surface area contributed by atoms with Gasteiger partial charge in [-0.2, -0.15) is 5.10 Å². The van der Waals surface area contributed by atoms with Crippen molar-refractivity contribution in [2.75, 3.05) is 23.3 Å². The summed E-state index contributed by atoms with van der Waals surface area (Å²) in [6.45, 7) is 8.70. The summed E-state index contributed by atoms with van der Waals surface area (Å²) in [5, 5.41) is 10.2. The summed E-state index contributed by atoms with van der Waals surface area (Å²) in [5.74, 6) is 0.973. The maximum atomic E-state index is 12.2. The number of anilines is 2. The van der Waals surface area contributed by atoms with Crippen LogP contribution in [0.3, 0.4) is 0 Å². The average Bonchev–Trinajstić information content (AvgIpc) is 3.18. The molecule has 0 radical (unpaired) electrons. The number of hydrogen-bond acceptors (Lipinski definition) is 4. The second-order valence-electron chi connectivity index (χ2n) is 6.71. The summed E-state index contributed by atoms with van der Waals surface area (Å²) in [6.07, 6.45) is 4.15. The number of aryl methyl sites for hydroxylation is 2. The van der Waals surface area contributed by atoms with E-state index in [9.17, 15) is 4.79 Å². The molecule has 0 aromatic carbocycles. The number of carbonyl (C=O) groups is 1. The van der Waals surface area contributed by atoms with Crippen LogP contribution in [0.15, 0.2) is 24.4 Å². The molecule has 3 rings (SSSR count). The summed E-state index contributed by atoms with van der Waals surface area (Å²) in [4.78, 5) is 18.9. The summed E-state index contributed by atoms with van der Waals surface area (Å²) in [6, 6.07) is 5.62. The number of nitrogens with one attached hydrogen (secondary N) is 2. The van der Waals surface area contributed by atoms with Crippen molar-refractivity contribution in [3.05, 3.63) is 35.8 Å². The van der Waals surface area contributed by atoms with Gasteiger partial charge in [0.05, 0.1) is 24.1 Å². The van der Waals surface area contributed by atoms with Crippen LogP contribution in [0.4, 0.5) is 16.3 Å². The Morgan fingerprint density at radius 3 is 2.64 bits per heavy atom. The van der Waals surface area contributed by atoms with Crippen LogP contribution in [0, 0.1) is 13.8 Å². The van der Waals surface area contributed by atoms with Gasteiger partial charge in [-0.05, 0) is 51.8 Å². The van der Waals surface area contributed by atoms with Gasteiger partial charge in [0.25, 0.3) is 0 Å². The highest BCUT2D eigenvalue weighted by atomic mass is 16.2. The van der Waals surface area contributed by atoms with E-state index in [-0.39, 0.29) is 12.1 Å². The van der Waals surface area contributed by atoms with Crippen molar-refractivity contribution in [3.8, 4) is 0 Å². The van der Waals surface area contributed by atoms with Crippen molar-refractivity contribution < 1.29 is 4.79 Å². The van der Waals surface area contributed by atoms with Crippen LogP contribution in [0.25, 0.3) is 0 Å². The molecule has 2 aromatic rings. The van der Waals surface area contributed by atoms with Crippen LogP contribution in [-0.2, 0) is 6.54 Å². The minimum absolute atomic E-state index is 0.0326. The Balaban J connectivity index is 1.50. The van der Waals surface area contributed by atoms with E-state index >= 15 is 0 Å². The summed E-state index contributed by atoms with van der Waals surface area (Å²) in [5.41, 5.74) is 2.77. The zero-order valence-electron chi connectivity index (χ0n) is 15.1. The lowest BCUT2D eigenvalue weighted by molar-refractivity contribution is 0.247. The Kier molecular flexibility index (Phi) is 5.21. The van der Waals surface area contributed by atoms with Gasteiger partial charge in [0.15, 0.2) is 0 Å². The van der Waals surface area contributed by atoms with Crippen LogP contribution in [0.5, 0.6) is 0 Å². The zero-order chi connectivity index (χ0) is 17.8. The molecule has 0 bridgehead atoms. The first-order chi connectivity index (χ1) is 12.0. The van der Waals surface area contributed by atoms with Crippen molar-refractivity contribution in [3.63, 3.8) is 0 Å². The molecule has 0 aliphatic carbocycles. The van der Waals surface area contributed by atoms with Gasteiger partial charge in [0.2, 0.25) is 0 Å². The molecule has 3 heterocycles. The van der Waals surface area contributed by atoms with E-state index in [1.807, 2.05) is 43.7 Å². The Morgan fingerprint density at radius 2 is 2.04 bits per heavy atom. The number of urea groups is 1. The summed E-state index contributed by atoms with van der Waals surface area (Å²) < 4.78 is 1.91. The van der Waals surface area contributed by atoms with Gasteiger partial charge in [-0.3, -0.25) is 4.68 Å².